The highest BCUT2D eigenvalue weighted by Crippen LogP contribution is 2.05. The van der Waals surface area contributed by atoms with Crippen molar-refractivity contribution in [2.75, 3.05) is 0 Å². The molecule has 1 aromatic heterocycles. The molecule has 0 saturated carbocycles. The second-order valence-corrected chi connectivity index (χ2v) is 3.64. The molecular weight excluding hydrogens is 174 g/mol. The van der Waals surface area contributed by atoms with Gasteiger partial charge in [-0.1, -0.05) is 6.42 Å². The summed E-state index contributed by atoms with van der Waals surface area (Å²) < 4.78 is 2.07. The summed E-state index contributed by atoms with van der Waals surface area (Å²) in [5.74, 6) is 0. The highest BCUT2D eigenvalue weighted by molar-refractivity contribution is 5.48. The monoisotopic (exact) mass is 192 g/mol. The van der Waals surface area contributed by atoms with Gasteiger partial charge in [-0.3, -0.25) is 0 Å². The fraction of sp³-hybridized carbons (Fsp3) is 0.500. The number of hydrogen-bond donors (Lipinski definition) is 0. The first-order valence-corrected chi connectivity index (χ1v) is 5.21. The van der Waals surface area contributed by atoms with Gasteiger partial charge in [0.2, 0.25) is 0 Å². The number of aryl methyl sites for hydroxylation is 2. The lowest BCUT2D eigenvalue weighted by molar-refractivity contribution is -0.671. The van der Waals surface area contributed by atoms with E-state index in [-0.39, 0.29) is 0 Å². The molecule has 0 aromatic carbocycles. The Morgan fingerprint density at radius 1 is 1.36 bits per heavy atom. The van der Waals surface area contributed by atoms with Crippen molar-refractivity contribution in [2.45, 2.75) is 32.1 Å². The van der Waals surface area contributed by atoms with E-state index in [4.69, 9.17) is 0 Å². The van der Waals surface area contributed by atoms with Crippen LogP contribution < -0.4 is 4.57 Å². The minimum Gasteiger partial charge on any atom is -0.303 e. The number of rotatable bonds is 6. The lowest BCUT2D eigenvalue weighted by Crippen LogP contribution is -2.26. The van der Waals surface area contributed by atoms with Crippen LogP contribution >= 0.6 is 0 Å². The molecule has 0 bridgehead atoms. The molecule has 0 spiro atoms. The molecule has 0 aliphatic carbocycles. The van der Waals surface area contributed by atoms with Crippen molar-refractivity contribution in [1.82, 2.24) is 0 Å². The van der Waals surface area contributed by atoms with Crippen molar-refractivity contribution in [1.29, 1.82) is 0 Å². The van der Waals surface area contributed by atoms with Gasteiger partial charge in [0.15, 0.2) is 12.4 Å². The van der Waals surface area contributed by atoms with E-state index in [0.717, 1.165) is 25.5 Å². The van der Waals surface area contributed by atoms with Gasteiger partial charge in [0.05, 0.1) is 0 Å². The molecule has 1 heterocycles. The number of aromatic nitrogens is 1. The topological polar surface area (TPSA) is 20.9 Å². The first kappa shape index (κ1) is 10.9. The number of nitrogens with zero attached hydrogens (tertiary/aromatic N) is 1. The van der Waals surface area contributed by atoms with Crippen molar-refractivity contribution >= 4 is 6.29 Å². The first-order valence-electron chi connectivity index (χ1n) is 5.21. The molecule has 1 aromatic rings. The van der Waals surface area contributed by atoms with Gasteiger partial charge in [0, 0.05) is 18.1 Å². The Morgan fingerprint density at radius 2 is 2.21 bits per heavy atom. The van der Waals surface area contributed by atoms with Gasteiger partial charge in [-0.25, -0.2) is 4.57 Å². The Kier molecular flexibility index (Phi) is 4.90. The number of pyridine rings is 1. The minimum absolute atomic E-state index is 0.711. The largest absolute Gasteiger partial charge is 0.303 e. The maximum absolute atomic E-state index is 10.1. The van der Waals surface area contributed by atoms with Crippen LogP contribution in [-0.4, -0.2) is 6.29 Å². The average Bonchev–Trinajstić information content (AvgIpc) is 2.18. The lowest BCUT2D eigenvalue weighted by atomic mass is 10.1. The number of carbonyl (C=O) groups is 1. The van der Waals surface area contributed by atoms with Gasteiger partial charge >= 0.3 is 0 Å². The molecule has 0 amide bonds. The summed E-state index contributed by atoms with van der Waals surface area (Å²) in [6, 6.07) is 4.22. The molecule has 0 unspecified atom stereocenters. The summed E-state index contributed by atoms with van der Waals surface area (Å²) in [7, 11) is 2.04. The quantitative estimate of drug-likeness (QED) is 0.382. The molecule has 0 atom stereocenters. The third kappa shape index (κ3) is 4.17. The summed E-state index contributed by atoms with van der Waals surface area (Å²) in [5, 5.41) is 0. The molecule has 0 N–H and O–H groups in total. The molecule has 2 heteroatoms. The van der Waals surface area contributed by atoms with Crippen LogP contribution in [0.2, 0.25) is 0 Å². The second kappa shape index (κ2) is 6.30. The zero-order chi connectivity index (χ0) is 10.2. The molecule has 0 aliphatic heterocycles. The standard InChI is InChI=1S/C12H18NO/c1-13-9-6-8-12(11-13)7-4-2-3-5-10-14/h6,8-11H,2-5,7H2,1H3/q+1. The van der Waals surface area contributed by atoms with E-state index in [1.165, 1.54) is 12.0 Å². The Labute approximate surface area is 85.6 Å². The second-order valence-electron chi connectivity index (χ2n) is 3.64. The van der Waals surface area contributed by atoms with Crippen molar-refractivity contribution in [3.63, 3.8) is 0 Å². The van der Waals surface area contributed by atoms with Crippen LogP contribution in [0.3, 0.4) is 0 Å². The SMILES string of the molecule is C[n+]1cccc(CCCCCC=O)c1. The van der Waals surface area contributed by atoms with Crippen molar-refractivity contribution in [3.8, 4) is 0 Å². The van der Waals surface area contributed by atoms with Crippen LogP contribution in [0.25, 0.3) is 0 Å². The molecular formula is C12H18NO+. The minimum atomic E-state index is 0.711. The molecule has 2 nitrogen and oxygen atoms in total. The third-order valence-corrected chi connectivity index (χ3v) is 2.29. The zero-order valence-corrected chi connectivity index (χ0v) is 8.78. The Hall–Kier alpha value is -1.18. The summed E-state index contributed by atoms with van der Waals surface area (Å²) >= 11 is 0. The third-order valence-electron chi connectivity index (χ3n) is 2.29. The van der Waals surface area contributed by atoms with Crippen LogP contribution in [-0.2, 0) is 18.3 Å². The fourth-order valence-corrected chi connectivity index (χ4v) is 1.53. The Balaban J connectivity index is 2.21. The molecule has 0 fully saturated rings. The summed E-state index contributed by atoms with van der Waals surface area (Å²) in [6.07, 6.45) is 10.4. The van der Waals surface area contributed by atoms with Gasteiger partial charge in [-0.05, 0) is 25.3 Å². The molecule has 76 valence electrons. The molecule has 1 rings (SSSR count). The highest BCUT2D eigenvalue weighted by atomic mass is 16.1. The predicted molar refractivity (Wildman–Crippen MR) is 55.9 cm³/mol. The molecule has 0 radical (unpaired) electrons. The van der Waals surface area contributed by atoms with Crippen LogP contribution in [0.5, 0.6) is 0 Å². The molecule has 0 saturated heterocycles. The predicted octanol–water partition coefficient (Wildman–Crippen LogP) is 1.81. The number of unbranched alkanes of at least 4 members (excludes halogenated alkanes) is 3. The van der Waals surface area contributed by atoms with Gasteiger partial charge in [-0.15, -0.1) is 0 Å². The number of carbonyl (C=O) groups excluding carboxylic acids is 1. The van der Waals surface area contributed by atoms with Gasteiger partial charge in [0.1, 0.15) is 13.3 Å². The molecule has 14 heavy (non-hydrogen) atoms. The number of hydrogen-bond acceptors (Lipinski definition) is 1. The van der Waals surface area contributed by atoms with Crippen LogP contribution in [0.15, 0.2) is 24.5 Å². The molecule has 0 aliphatic rings. The van der Waals surface area contributed by atoms with Crippen molar-refractivity contribution in [3.05, 3.63) is 30.1 Å². The zero-order valence-electron chi connectivity index (χ0n) is 8.78. The van der Waals surface area contributed by atoms with Crippen molar-refractivity contribution in [2.24, 2.45) is 7.05 Å². The lowest BCUT2D eigenvalue weighted by Gasteiger charge is -1.98. The van der Waals surface area contributed by atoms with Gasteiger partial charge in [-0.2, -0.15) is 0 Å². The number of aldehydes is 1. The van der Waals surface area contributed by atoms with Crippen LogP contribution in [0.4, 0.5) is 0 Å². The van der Waals surface area contributed by atoms with Crippen LogP contribution in [0.1, 0.15) is 31.2 Å². The van der Waals surface area contributed by atoms with E-state index >= 15 is 0 Å². The first-order chi connectivity index (χ1) is 6.83. The maximum Gasteiger partial charge on any atom is 0.171 e. The summed E-state index contributed by atoms with van der Waals surface area (Å²) in [5.41, 5.74) is 1.38. The van der Waals surface area contributed by atoms with E-state index in [2.05, 4.69) is 22.9 Å². The maximum atomic E-state index is 10.1. The summed E-state index contributed by atoms with van der Waals surface area (Å²) in [6.45, 7) is 0. The highest BCUT2D eigenvalue weighted by Gasteiger charge is 1.97. The van der Waals surface area contributed by atoms with E-state index in [1.54, 1.807) is 0 Å². The van der Waals surface area contributed by atoms with E-state index in [9.17, 15) is 4.79 Å². The van der Waals surface area contributed by atoms with E-state index < -0.39 is 0 Å². The van der Waals surface area contributed by atoms with E-state index in [1.807, 2.05) is 13.2 Å². The van der Waals surface area contributed by atoms with Gasteiger partial charge < -0.3 is 4.79 Å². The van der Waals surface area contributed by atoms with Crippen molar-refractivity contribution < 1.29 is 9.36 Å². The van der Waals surface area contributed by atoms with Gasteiger partial charge in [0.25, 0.3) is 0 Å². The average molecular weight is 192 g/mol. The normalized spacial score (nSPS) is 10.1. The van der Waals surface area contributed by atoms with E-state index in [0.29, 0.717) is 6.42 Å². The Bertz CT molecular complexity index is 283. The fourth-order valence-electron chi connectivity index (χ4n) is 1.53. The smallest absolute Gasteiger partial charge is 0.171 e. The Morgan fingerprint density at radius 3 is 2.93 bits per heavy atom. The summed E-state index contributed by atoms with van der Waals surface area (Å²) in [4.78, 5) is 10.1. The van der Waals surface area contributed by atoms with Crippen LogP contribution in [0, 0.1) is 0 Å².